The maximum absolute atomic E-state index is 12.6. The molecule has 0 spiro atoms. The summed E-state index contributed by atoms with van der Waals surface area (Å²) in [6, 6.07) is 15.6. The van der Waals surface area contributed by atoms with Gasteiger partial charge in [-0.1, -0.05) is 48.0 Å². The summed E-state index contributed by atoms with van der Waals surface area (Å²) in [6.07, 6.45) is -2.41. The first kappa shape index (κ1) is 26.2. The van der Waals surface area contributed by atoms with E-state index in [0.717, 1.165) is 17.7 Å². The topological polar surface area (TPSA) is 93.5 Å². The maximum atomic E-state index is 12.6. The van der Waals surface area contributed by atoms with E-state index in [0.29, 0.717) is 30.3 Å². The second-order valence-corrected chi connectivity index (χ2v) is 8.16. The molecule has 35 heavy (non-hydrogen) atoms. The van der Waals surface area contributed by atoms with Crippen LogP contribution in [0.5, 0.6) is 0 Å². The van der Waals surface area contributed by atoms with E-state index in [1.807, 2.05) is 29.8 Å². The molecule has 1 atom stereocenters. The van der Waals surface area contributed by atoms with Gasteiger partial charge in [0.05, 0.1) is 18.8 Å². The first-order valence-electron chi connectivity index (χ1n) is 10.6. The summed E-state index contributed by atoms with van der Waals surface area (Å²) in [7, 11) is 0. The number of fused-ring (bicyclic) bond motifs is 1. The Bertz CT molecular complexity index is 1180. The smallest absolute Gasteiger partial charge is 0.475 e. The van der Waals surface area contributed by atoms with Crippen LogP contribution in [0.1, 0.15) is 38.8 Å². The summed E-state index contributed by atoms with van der Waals surface area (Å²) in [5, 5.41) is 15.4. The van der Waals surface area contributed by atoms with Crippen LogP contribution in [0.3, 0.4) is 0 Å². The lowest BCUT2D eigenvalue weighted by Gasteiger charge is -2.22. The Morgan fingerprint density at radius 1 is 1.20 bits per heavy atom. The molecule has 2 heterocycles. The molecule has 1 unspecified atom stereocenters. The molecule has 2 N–H and O–H groups in total. The third-order valence-corrected chi connectivity index (χ3v) is 5.67. The summed E-state index contributed by atoms with van der Waals surface area (Å²) >= 11 is 6.13. The fourth-order valence-electron chi connectivity index (χ4n) is 3.47. The van der Waals surface area contributed by atoms with E-state index in [2.05, 4.69) is 23.6 Å². The van der Waals surface area contributed by atoms with Crippen LogP contribution in [0.4, 0.5) is 13.2 Å². The highest BCUT2D eigenvalue weighted by Gasteiger charge is 2.38. The van der Waals surface area contributed by atoms with Crippen LogP contribution in [-0.2, 0) is 22.5 Å². The van der Waals surface area contributed by atoms with Crippen molar-refractivity contribution in [2.75, 3.05) is 13.2 Å². The van der Waals surface area contributed by atoms with Crippen molar-refractivity contribution < 1.29 is 32.6 Å². The number of amides is 1. The average Bonchev–Trinajstić information content (AvgIpc) is 3.22. The van der Waals surface area contributed by atoms with Gasteiger partial charge in [-0.15, -0.1) is 0 Å². The third-order valence-electron chi connectivity index (χ3n) is 5.26. The highest BCUT2D eigenvalue weighted by atomic mass is 35.5. The molecular weight excluding hydrogens is 487 g/mol. The fourth-order valence-corrected chi connectivity index (χ4v) is 3.65. The van der Waals surface area contributed by atoms with Crippen LogP contribution in [0, 0.1) is 6.92 Å². The number of nitrogens with zero attached hydrogens (tertiary/aromatic N) is 2. The zero-order valence-electron chi connectivity index (χ0n) is 18.7. The van der Waals surface area contributed by atoms with E-state index in [4.69, 9.17) is 31.3 Å². The molecule has 186 valence electrons. The van der Waals surface area contributed by atoms with E-state index in [1.54, 1.807) is 18.2 Å². The van der Waals surface area contributed by atoms with Gasteiger partial charge in [-0.3, -0.25) is 9.48 Å². The number of carbonyl (C=O) groups excluding carboxylic acids is 1. The van der Waals surface area contributed by atoms with Crippen LogP contribution < -0.4 is 5.32 Å². The van der Waals surface area contributed by atoms with Gasteiger partial charge in [-0.25, -0.2) is 4.79 Å². The number of nitrogens with one attached hydrogen (secondary N) is 1. The Morgan fingerprint density at radius 2 is 1.89 bits per heavy atom. The second kappa shape index (κ2) is 11.4. The lowest BCUT2D eigenvalue weighted by atomic mass is 10.1. The van der Waals surface area contributed by atoms with Crippen LogP contribution in [0.2, 0.25) is 5.02 Å². The second-order valence-electron chi connectivity index (χ2n) is 7.76. The minimum absolute atomic E-state index is 0.153. The normalized spacial score (nSPS) is 14.9. The molecule has 1 amide bonds. The first-order chi connectivity index (χ1) is 16.6. The van der Waals surface area contributed by atoms with Crippen molar-refractivity contribution in [1.29, 1.82) is 0 Å². The number of alkyl halides is 3. The quantitative estimate of drug-likeness (QED) is 0.525. The predicted octanol–water partition coefficient (Wildman–Crippen LogP) is 4.57. The number of hydrogen-bond acceptors (Lipinski definition) is 4. The number of aliphatic carboxylic acids is 1. The summed E-state index contributed by atoms with van der Waals surface area (Å²) in [5.74, 6) is -2.91. The van der Waals surface area contributed by atoms with Crippen molar-refractivity contribution in [1.82, 2.24) is 15.1 Å². The number of rotatable bonds is 5. The Hall–Kier alpha value is -3.37. The van der Waals surface area contributed by atoms with Crippen LogP contribution in [0.25, 0.3) is 0 Å². The minimum atomic E-state index is -5.08. The number of ether oxygens (including phenoxy) is 1. The number of carboxylic acid groups (broad SMARTS) is 1. The summed E-state index contributed by atoms with van der Waals surface area (Å²) in [4.78, 5) is 21.5. The van der Waals surface area contributed by atoms with Gasteiger partial charge in [0.2, 0.25) is 0 Å². The van der Waals surface area contributed by atoms with Crippen molar-refractivity contribution >= 4 is 23.5 Å². The van der Waals surface area contributed by atoms with Crippen LogP contribution >= 0.6 is 11.6 Å². The molecule has 0 aliphatic carbocycles. The number of aromatic nitrogens is 2. The van der Waals surface area contributed by atoms with Crippen molar-refractivity contribution in [2.45, 2.75) is 32.2 Å². The van der Waals surface area contributed by atoms with E-state index in [9.17, 15) is 18.0 Å². The molecule has 1 aliphatic rings. The van der Waals surface area contributed by atoms with Gasteiger partial charge in [0.15, 0.2) is 0 Å². The molecule has 0 saturated heterocycles. The van der Waals surface area contributed by atoms with E-state index >= 15 is 0 Å². The molecule has 0 saturated carbocycles. The van der Waals surface area contributed by atoms with Gasteiger partial charge in [-0.2, -0.15) is 18.3 Å². The zero-order chi connectivity index (χ0) is 25.6. The molecule has 7 nitrogen and oxygen atoms in total. The number of halogens is 4. The highest BCUT2D eigenvalue weighted by molar-refractivity contribution is 6.31. The number of carboxylic acids is 1. The standard InChI is InChI=1S/C22H22ClN3O2.C2HF3O2/c1-15-18(8-5-9-19(15)23)22(27)24-12-20-21-17(10-11-28-20)14-26(25-21)13-16-6-3-2-4-7-16;3-2(4,5)1(6)7/h2-9,14,20H,10-13H2,1H3,(H,24,27);(H,6,7). The van der Waals surface area contributed by atoms with Gasteiger partial charge < -0.3 is 15.2 Å². The maximum Gasteiger partial charge on any atom is 0.490 e. The average molecular weight is 510 g/mol. The van der Waals surface area contributed by atoms with Crippen LogP contribution in [-0.4, -0.2) is 46.1 Å². The predicted molar refractivity (Wildman–Crippen MR) is 122 cm³/mol. The van der Waals surface area contributed by atoms with E-state index < -0.39 is 12.1 Å². The van der Waals surface area contributed by atoms with Gasteiger partial charge in [0, 0.05) is 23.3 Å². The molecular formula is C24H23ClF3N3O4. The highest BCUT2D eigenvalue weighted by Crippen LogP contribution is 2.26. The first-order valence-corrected chi connectivity index (χ1v) is 11.0. The lowest BCUT2D eigenvalue weighted by Crippen LogP contribution is -2.32. The molecule has 0 bridgehead atoms. The fraction of sp³-hybridized carbons (Fsp3) is 0.292. The van der Waals surface area contributed by atoms with E-state index in [1.165, 1.54) is 11.1 Å². The van der Waals surface area contributed by atoms with Gasteiger partial charge in [-0.05, 0) is 42.2 Å². The zero-order valence-corrected chi connectivity index (χ0v) is 19.4. The molecule has 0 radical (unpaired) electrons. The molecule has 0 fully saturated rings. The van der Waals surface area contributed by atoms with E-state index in [-0.39, 0.29) is 12.0 Å². The van der Waals surface area contributed by atoms with Gasteiger partial charge >= 0.3 is 12.1 Å². The Balaban J connectivity index is 0.000000429. The van der Waals surface area contributed by atoms with Gasteiger partial charge in [0.1, 0.15) is 6.10 Å². The Kier molecular flexibility index (Phi) is 8.52. The Labute approximate surface area is 204 Å². The molecule has 3 aromatic rings. The van der Waals surface area contributed by atoms with Crippen molar-refractivity contribution in [2.24, 2.45) is 0 Å². The summed E-state index contributed by atoms with van der Waals surface area (Å²) < 4.78 is 39.6. The minimum Gasteiger partial charge on any atom is -0.475 e. The lowest BCUT2D eigenvalue weighted by molar-refractivity contribution is -0.192. The third kappa shape index (κ3) is 7.06. The van der Waals surface area contributed by atoms with Crippen molar-refractivity contribution in [3.05, 3.63) is 87.7 Å². The molecule has 1 aromatic heterocycles. The largest absolute Gasteiger partial charge is 0.490 e. The van der Waals surface area contributed by atoms with Gasteiger partial charge in [0.25, 0.3) is 5.91 Å². The molecule has 11 heteroatoms. The molecule has 4 rings (SSSR count). The SMILES string of the molecule is Cc1c(Cl)cccc1C(=O)NCC1OCCc2cn(Cc3ccccc3)nc21.O=C(O)C(F)(F)F. The number of hydrogen-bond donors (Lipinski definition) is 2. The Morgan fingerprint density at radius 3 is 2.54 bits per heavy atom. The molecule has 2 aromatic carbocycles. The van der Waals surface area contributed by atoms with Crippen molar-refractivity contribution in [3.63, 3.8) is 0 Å². The number of benzene rings is 2. The summed E-state index contributed by atoms with van der Waals surface area (Å²) in [6.45, 7) is 3.56. The summed E-state index contributed by atoms with van der Waals surface area (Å²) in [5.41, 5.74) is 4.65. The monoisotopic (exact) mass is 509 g/mol. The van der Waals surface area contributed by atoms with Crippen molar-refractivity contribution in [3.8, 4) is 0 Å². The van der Waals surface area contributed by atoms with Crippen LogP contribution in [0.15, 0.2) is 54.7 Å². The molecule has 1 aliphatic heterocycles. The number of carbonyl (C=O) groups is 2.